The van der Waals surface area contributed by atoms with Crippen molar-refractivity contribution in [2.24, 2.45) is 11.8 Å². The lowest BCUT2D eigenvalue weighted by atomic mass is 9.80. The lowest BCUT2D eigenvalue weighted by Crippen LogP contribution is -2.60. The quantitative estimate of drug-likeness (QED) is 0.738. The van der Waals surface area contributed by atoms with E-state index in [0.717, 1.165) is 49.6 Å². The standard InChI is InChI=1S/C28H35N5/c1-20(2)22-11-13-30-28(15-22)33-19-23-5-3-4-6-26(23)31-17-24-18-32(14-12-27(24)33)25-9-7-21(16-29)8-10-25/h7-11,13,15,23-24,26-27,31H,1,3-6,12,14,17-19H2,2H3. The van der Waals surface area contributed by atoms with Crippen LogP contribution in [0.5, 0.6) is 0 Å². The van der Waals surface area contributed by atoms with Crippen LogP contribution in [0, 0.1) is 23.2 Å². The van der Waals surface area contributed by atoms with Crippen LogP contribution < -0.4 is 15.1 Å². The fourth-order valence-corrected chi connectivity index (χ4v) is 6.10. The Morgan fingerprint density at radius 3 is 2.70 bits per heavy atom. The third kappa shape index (κ3) is 4.63. The molecule has 5 rings (SSSR count). The number of rotatable bonds is 3. The van der Waals surface area contributed by atoms with Crippen molar-refractivity contribution in [2.75, 3.05) is 36.0 Å². The van der Waals surface area contributed by atoms with Crippen molar-refractivity contribution in [1.82, 2.24) is 10.3 Å². The van der Waals surface area contributed by atoms with Gasteiger partial charge >= 0.3 is 0 Å². The van der Waals surface area contributed by atoms with Gasteiger partial charge in [0.15, 0.2) is 0 Å². The zero-order chi connectivity index (χ0) is 22.8. The summed E-state index contributed by atoms with van der Waals surface area (Å²) in [6.07, 6.45) is 8.34. The van der Waals surface area contributed by atoms with Crippen LogP contribution >= 0.6 is 0 Å². The van der Waals surface area contributed by atoms with E-state index in [1.807, 2.05) is 18.3 Å². The molecule has 5 heteroatoms. The van der Waals surface area contributed by atoms with Gasteiger partial charge in [-0.25, -0.2) is 4.98 Å². The molecule has 33 heavy (non-hydrogen) atoms. The number of pyridine rings is 1. The molecule has 5 nitrogen and oxygen atoms in total. The molecule has 3 aliphatic rings. The summed E-state index contributed by atoms with van der Waals surface area (Å²) in [6, 6.07) is 15.7. The van der Waals surface area contributed by atoms with Crippen LogP contribution in [0.25, 0.3) is 5.57 Å². The zero-order valence-electron chi connectivity index (χ0n) is 19.7. The first-order valence-corrected chi connectivity index (χ1v) is 12.5. The maximum absolute atomic E-state index is 9.15. The van der Waals surface area contributed by atoms with Gasteiger partial charge in [-0.05, 0) is 74.1 Å². The summed E-state index contributed by atoms with van der Waals surface area (Å²) in [7, 11) is 0. The van der Waals surface area contributed by atoms with Crippen LogP contribution in [0.2, 0.25) is 0 Å². The average Bonchev–Trinajstić information content (AvgIpc) is 2.85. The Hall–Kier alpha value is -2.84. The minimum Gasteiger partial charge on any atom is -0.371 e. The third-order valence-electron chi connectivity index (χ3n) is 7.97. The lowest BCUT2D eigenvalue weighted by Gasteiger charge is -2.50. The molecule has 2 aromatic rings. The molecule has 4 atom stereocenters. The Bertz CT molecular complexity index is 1020. The van der Waals surface area contributed by atoms with E-state index in [9.17, 15) is 0 Å². The molecule has 0 bridgehead atoms. The fourth-order valence-electron chi connectivity index (χ4n) is 6.10. The number of benzene rings is 1. The van der Waals surface area contributed by atoms with Crippen LogP contribution in [0.4, 0.5) is 11.5 Å². The van der Waals surface area contributed by atoms with Crippen molar-refractivity contribution < 1.29 is 0 Å². The molecule has 1 saturated carbocycles. The molecule has 2 saturated heterocycles. The lowest BCUT2D eigenvalue weighted by molar-refractivity contribution is 0.202. The van der Waals surface area contributed by atoms with Gasteiger partial charge in [0.1, 0.15) is 5.82 Å². The van der Waals surface area contributed by atoms with Crippen molar-refractivity contribution in [3.63, 3.8) is 0 Å². The van der Waals surface area contributed by atoms with Gasteiger partial charge in [-0.15, -0.1) is 0 Å². The number of piperidine rings is 1. The van der Waals surface area contributed by atoms with E-state index in [-0.39, 0.29) is 0 Å². The Kier molecular flexibility index (Phi) is 6.37. The second kappa shape index (κ2) is 9.57. The monoisotopic (exact) mass is 441 g/mol. The van der Waals surface area contributed by atoms with Crippen molar-refractivity contribution in [1.29, 1.82) is 5.26 Å². The highest BCUT2D eigenvalue weighted by atomic mass is 15.3. The van der Waals surface area contributed by atoms with Crippen LogP contribution in [-0.2, 0) is 0 Å². The topological polar surface area (TPSA) is 55.2 Å². The molecular weight excluding hydrogens is 406 g/mol. The Morgan fingerprint density at radius 2 is 1.91 bits per heavy atom. The molecule has 2 aliphatic heterocycles. The number of nitriles is 1. The van der Waals surface area contributed by atoms with Crippen molar-refractivity contribution in [3.8, 4) is 6.07 Å². The maximum Gasteiger partial charge on any atom is 0.129 e. The molecule has 1 aromatic carbocycles. The SMILES string of the molecule is C=C(C)c1ccnc(N2CC3CCCCC3NCC3CN(c4ccc(C#N)cc4)CCC32)c1. The second-order valence-electron chi connectivity index (χ2n) is 10.1. The molecule has 3 heterocycles. The molecule has 172 valence electrons. The maximum atomic E-state index is 9.15. The van der Waals surface area contributed by atoms with E-state index in [2.05, 4.69) is 59.0 Å². The van der Waals surface area contributed by atoms with Gasteiger partial charge in [-0.3, -0.25) is 0 Å². The van der Waals surface area contributed by atoms with Crippen LogP contribution in [-0.4, -0.2) is 43.2 Å². The number of nitrogens with one attached hydrogen (secondary N) is 1. The summed E-state index contributed by atoms with van der Waals surface area (Å²) in [4.78, 5) is 10.0. The summed E-state index contributed by atoms with van der Waals surface area (Å²) < 4.78 is 0. The van der Waals surface area contributed by atoms with E-state index in [0.29, 0.717) is 23.9 Å². The number of fused-ring (bicyclic) bond motifs is 2. The molecule has 4 unspecified atom stereocenters. The minimum absolute atomic E-state index is 0.475. The fraction of sp³-hybridized carbons (Fsp3) is 0.500. The Labute approximate surface area is 198 Å². The number of aromatic nitrogens is 1. The van der Waals surface area contributed by atoms with Gasteiger partial charge in [-0.1, -0.05) is 25.0 Å². The van der Waals surface area contributed by atoms with Gasteiger partial charge in [0.2, 0.25) is 0 Å². The molecule has 1 aliphatic carbocycles. The first-order valence-electron chi connectivity index (χ1n) is 12.5. The number of nitrogens with zero attached hydrogens (tertiary/aromatic N) is 4. The molecule has 1 aromatic heterocycles. The van der Waals surface area contributed by atoms with E-state index < -0.39 is 0 Å². The Morgan fingerprint density at radius 1 is 1.09 bits per heavy atom. The predicted octanol–water partition coefficient (Wildman–Crippen LogP) is 4.85. The first kappa shape index (κ1) is 22.0. The summed E-state index contributed by atoms with van der Waals surface area (Å²) in [5.41, 5.74) is 4.22. The summed E-state index contributed by atoms with van der Waals surface area (Å²) in [5, 5.41) is 13.1. The first-order chi connectivity index (χ1) is 16.1. The normalized spacial score (nSPS) is 27.5. The molecular formula is C28H35N5. The van der Waals surface area contributed by atoms with Gasteiger partial charge < -0.3 is 15.1 Å². The highest BCUT2D eigenvalue weighted by Gasteiger charge is 2.39. The minimum atomic E-state index is 0.475. The van der Waals surface area contributed by atoms with E-state index in [4.69, 9.17) is 10.2 Å². The molecule has 3 fully saturated rings. The number of allylic oxidation sites excluding steroid dienone is 1. The van der Waals surface area contributed by atoms with Gasteiger partial charge in [0.05, 0.1) is 11.6 Å². The number of hydrogen-bond acceptors (Lipinski definition) is 5. The van der Waals surface area contributed by atoms with Crippen LogP contribution in [0.3, 0.4) is 0 Å². The number of hydrogen-bond donors (Lipinski definition) is 1. The summed E-state index contributed by atoms with van der Waals surface area (Å²) in [5.74, 6) is 2.32. The van der Waals surface area contributed by atoms with E-state index >= 15 is 0 Å². The zero-order valence-corrected chi connectivity index (χ0v) is 19.7. The van der Waals surface area contributed by atoms with Crippen LogP contribution in [0.15, 0.2) is 49.2 Å². The summed E-state index contributed by atoms with van der Waals surface area (Å²) >= 11 is 0. The average molecular weight is 442 g/mol. The summed E-state index contributed by atoms with van der Waals surface area (Å²) in [6.45, 7) is 10.4. The molecule has 0 spiro atoms. The molecule has 1 N–H and O–H groups in total. The highest BCUT2D eigenvalue weighted by Crippen LogP contribution is 2.35. The molecule has 0 amide bonds. The van der Waals surface area contributed by atoms with Crippen molar-refractivity contribution in [2.45, 2.75) is 51.1 Å². The van der Waals surface area contributed by atoms with Crippen molar-refractivity contribution in [3.05, 3.63) is 60.3 Å². The molecule has 0 radical (unpaired) electrons. The third-order valence-corrected chi connectivity index (χ3v) is 7.97. The predicted molar refractivity (Wildman–Crippen MR) is 135 cm³/mol. The Balaban J connectivity index is 1.44. The second-order valence-corrected chi connectivity index (χ2v) is 10.1. The number of anilines is 2. The van der Waals surface area contributed by atoms with E-state index in [1.54, 1.807) is 0 Å². The highest BCUT2D eigenvalue weighted by molar-refractivity contribution is 5.64. The van der Waals surface area contributed by atoms with Gasteiger partial charge in [-0.2, -0.15) is 5.26 Å². The van der Waals surface area contributed by atoms with Gasteiger partial charge in [0.25, 0.3) is 0 Å². The largest absolute Gasteiger partial charge is 0.371 e. The van der Waals surface area contributed by atoms with Crippen LogP contribution in [0.1, 0.15) is 50.2 Å². The van der Waals surface area contributed by atoms with Crippen molar-refractivity contribution >= 4 is 17.1 Å². The van der Waals surface area contributed by atoms with Gasteiger partial charge in [0, 0.05) is 56.1 Å². The smallest absolute Gasteiger partial charge is 0.129 e. The van der Waals surface area contributed by atoms with E-state index in [1.165, 1.54) is 36.9 Å².